The third kappa shape index (κ3) is 5.20. The van der Waals surface area contributed by atoms with Crippen LogP contribution in [-0.4, -0.2) is 42.8 Å². The first-order valence-electron chi connectivity index (χ1n) is 17.3. The number of hydrogen-bond acceptors (Lipinski definition) is 8. The molecule has 1 N–H and O–H groups in total. The Morgan fingerprint density at radius 3 is 2.06 bits per heavy atom. The Morgan fingerprint density at radius 1 is 0.769 bits per heavy atom. The maximum Gasteiger partial charge on any atom is 0.241 e. The SMILES string of the molecule is CN(C)c1ccc(N=Nc2ccc(N3C(=O)C4CC=C5C(CC6C(=O)N(c7ccccc7)C(=O)C6(C)C5c5cc(Br)ccc5O)C4C3=O)cc2)cc1. The average molecular weight is 759 g/mol. The van der Waals surface area contributed by atoms with Crippen molar-refractivity contribution in [3.8, 4) is 5.75 Å². The van der Waals surface area contributed by atoms with Crippen LogP contribution < -0.4 is 14.7 Å². The summed E-state index contributed by atoms with van der Waals surface area (Å²) < 4.78 is 0.706. The van der Waals surface area contributed by atoms with E-state index in [0.29, 0.717) is 39.2 Å². The zero-order valence-corrected chi connectivity index (χ0v) is 30.4. The van der Waals surface area contributed by atoms with Crippen LogP contribution in [0.1, 0.15) is 31.2 Å². The number of aromatic hydroxyl groups is 1. The number of nitrogens with zero attached hydrogens (tertiary/aromatic N) is 5. The Labute approximate surface area is 309 Å². The highest BCUT2D eigenvalue weighted by Gasteiger charge is 2.68. The Balaban J connectivity index is 1.13. The molecule has 4 aromatic carbocycles. The molecule has 0 bridgehead atoms. The number of rotatable bonds is 6. The molecule has 4 aliphatic rings. The van der Waals surface area contributed by atoms with Gasteiger partial charge in [0.05, 0.1) is 45.9 Å². The van der Waals surface area contributed by atoms with Crippen molar-refractivity contribution >= 4 is 68.0 Å². The maximum absolute atomic E-state index is 14.5. The number of allylic oxidation sites excluding steroid dienone is 2. The van der Waals surface area contributed by atoms with Crippen molar-refractivity contribution in [2.24, 2.45) is 39.3 Å². The summed E-state index contributed by atoms with van der Waals surface area (Å²) in [6.45, 7) is 1.81. The number of imide groups is 2. The molecular formula is C41H36BrN5O5. The summed E-state index contributed by atoms with van der Waals surface area (Å²) in [6.07, 6.45) is 2.50. The van der Waals surface area contributed by atoms with Gasteiger partial charge in [-0.05, 0) is 105 Å². The van der Waals surface area contributed by atoms with Gasteiger partial charge in [-0.2, -0.15) is 10.2 Å². The van der Waals surface area contributed by atoms with Crippen molar-refractivity contribution in [3.05, 3.63) is 119 Å². The number of halogens is 1. The van der Waals surface area contributed by atoms with E-state index in [-0.39, 0.29) is 35.8 Å². The minimum atomic E-state index is -1.25. The number of phenolic OH excluding ortho intramolecular Hbond substituents is 1. The van der Waals surface area contributed by atoms with Crippen molar-refractivity contribution in [2.45, 2.75) is 25.7 Å². The van der Waals surface area contributed by atoms with Crippen LogP contribution in [0, 0.1) is 29.1 Å². The molecule has 2 saturated heterocycles. The van der Waals surface area contributed by atoms with Crippen LogP contribution in [0.3, 0.4) is 0 Å². The third-order valence-electron chi connectivity index (χ3n) is 11.3. The highest BCUT2D eigenvalue weighted by Crippen LogP contribution is 2.64. The number of benzene rings is 4. The van der Waals surface area contributed by atoms with Gasteiger partial charge in [0.15, 0.2) is 0 Å². The smallest absolute Gasteiger partial charge is 0.241 e. The van der Waals surface area contributed by atoms with E-state index >= 15 is 0 Å². The highest BCUT2D eigenvalue weighted by atomic mass is 79.9. The first kappa shape index (κ1) is 33.7. The van der Waals surface area contributed by atoms with Crippen molar-refractivity contribution in [2.75, 3.05) is 28.8 Å². The predicted octanol–water partition coefficient (Wildman–Crippen LogP) is 8.07. The normalized spacial score (nSPS) is 26.8. The standard InChI is InChI=1S/C41H36BrN5O5/c1-41-33(38(50)47(40(41)52)27-7-5-4-6-8-27)22-31-29(36(41)32-21-23(42)9-20-34(32)48)18-19-30-35(31)39(51)46(37(30)49)28-16-12-25(13-17-28)44-43-24-10-14-26(15-11-24)45(2)3/h4-18,20-21,30-31,33,35-36,48H,19,22H2,1-3H3. The molecule has 0 aromatic heterocycles. The molecule has 3 fully saturated rings. The molecule has 10 nitrogen and oxygen atoms in total. The molecule has 4 amide bonds. The predicted molar refractivity (Wildman–Crippen MR) is 201 cm³/mol. The number of amides is 4. The molecule has 2 aliphatic carbocycles. The number of carbonyl (C=O) groups is 4. The molecule has 6 unspecified atom stereocenters. The average Bonchev–Trinajstić information content (AvgIpc) is 3.52. The zero-order valence-electron chi connectivity index (χ0n) is 28.8. The molecule has 0 spiro atoms. The summed E-state index contributed by atoms with van der Waals surface area (Å²) in [5, 5.41) is 19.9. The van der Waals surface area contributed by atoms with Crippen LogP contribution in [0.25, 0.3) is 0 Å². The van der Waals surface area contributed by atoms with Gasteiger partial charge in [-0.3, -0.25) is 24.1 Å². The first-order valence-corrected chi connectivity index (χ1v) is 18.1. The Hall–Kier alpha value is -5.42. The second kappa shape index (κ2) is 12.7. The van der Waals surface area contributed by atoms with Crippen LogP contribution in [0.4, 0.5) is 28.4 Å². The van der Waals surface area contributed by atoms with E-state index in [1.54, 1.807) is 73.7 Å². The molecular weight excluding hydrogens is 722 g/mol. The summed E-state index contributed by atoms with van der Waals surface area (Å²) in [4.78, 5) is 61.9. The van der Waals surface area contributed by atoms with E-state index in [0.717, 1.165) is 11.3 Å². The van der Waals surface area contributed by atoms with Gasteiger partial charge in [-0.25, -0.2) is 4.90 Å². The van der Waals surface area contributed by atoms with Gasteiger partial charge in [0.25, 0.3) is 0 Å². The Kier molecular flexibility index (Phi) is 8.21. The van der Waals surface area contributed by atoms with E-state index < -0.39 is 35.0 Å². The number of fused-ring (bicyclic) bond motifs is 4. The fraction of sp³-hybridized carbons (Fsp3) is 0.268. The monoisotopic (exact) mass is 757 g/mol. The molecule has 11 heteroatoms. The summed E-state index contributed by atoms with van der Waals surface area (Å²) in [6, 6.07) is 28.4. The molecule has 1 saturated carbocycles. The van der Waals surface area contributed by atoms with Gasteiger partial charge >= 0.3 is 0 Å². The van der Waals surface area contributed by atoms with Gasteiger partial charge in [-0.1, -0.05) is 45.8 Å². The minimum absolute atomic E-state index is 0.00599. The lowest BCUT2D eigenvalue weighted by Gasteiger charge is -2.49. The van der Waals surface area contributed by atoms with Gasteiger partial charge < -0.3 is 10.0 Å². The van der Waals surface area contributed by atoms with Crippen LogP contribution in [0.5, 0.6) is 5.75 Å². The van der Waals surface area contributed by atoms with Gasteiger partial charge in [-0.15, -0.1) is 0 Å². The van der Waals surface area contributed by atoms with E-state index in [9.17, 15) is 24.3 Å². The number of para-hydroxylation sites is 1. The van der Waals surface area contributed by atoms with Crippen LogP contribution in [-0.2, 0) is 19.2 Å². The van der Waals surface area contributed by atoms with Crippen molar-refractivity contribution in [3.63, 3.8) is 0 Å². The van der Waals surface area contributed by atoms with Gasteiger partial charge in [0, 0.05) is 35.7 Å². The molecule has 2 aliphatic heterocycles. The van der Waals surface area contributed by atoms with Gasteiger partial charge in [0.2, 0.25) is 23.6 Å². The highest BCUT2D eigenvalue weighted by molar-refractivity contribution is 9.10. The lowest BCUT2D eigenvalue weighted by Crippen LogP contribution is -2.48. The van der Waals surface area contributed by atoms with E-state index in [1.165, 1.54) is 9.80 Å². The largest absolute Gasteiger partial charge is 0.508 e. The maximum atomic E-state index is 14.5. The quantitative estimate of drug-likeness (QED) is 0.121. The lowest BCUT2D eigenvalue weighted by atomic mass is 9.51. The second-order valence-electron chi connectivity index (χ2n) is 14.3. The number of phenols is 1. The lowest BCUT2D eigenvalue weighted by molar-refractivity contribution is -0.131. The van der Waals surface area contributed by atoms with E-state index in [1.807, 2.05) is 55.4 Å². The van der Waals surface area contributed by atoms with Crippen LogP contribution in [0.15, 0.2) is 123 Å². The number of anilines is 3. The number of azo groups is 1. The van der Waals surface area contributed by atoms with Crippen molar-refractivity contribution in [1.29, 1.82) is 0 Å². The second-order valence-corrected chi connectivity index (χ2v) is 15.3. The summed E-state index contributed by atoms with van der Waals surface area (Å²) in [7, 11) is 3.93. The first-order chi connectivity index (χ1) is 25.0. The summed E-state index contributed by atoms with van der Waals surface area (Å²) in [5.41, 5.74) is 3.28. The van der Waals surface area contributed by atoms with Crippen molar-refractivity contribution < 1.29 is 24.3 Å². The fourth-order valence-electron chi connectivity index (χ4n) is 8.79. The third-order valence-corrected chi connectivity index (χ3v) is 11.8. The van der Waals surface area contributed by atoms with Crippen LogP contribution >= 0.6 is 15.9 Å². The van der Waals surface area contributed by atoms with Crippen molar-refractivity contribution in [1.82, 2.24) is 0 Å². The van der Waals surface area contributed by atoms with E-state index in [2.05, 4.69) is 26.2 Å². The fourth-order valence-corrected chi connectivity index (χ4v) is 9.17. The zero-order chi connectivity index (χ0) is 36.5. The minimum Gasteiger partial charge on any atom is -0.508 e. The number of carbonyl (C=O) groups excluding carboxylic acids is 4. The molecule has 2 heterocycles. The van der Waals surface area contributed by atoms with E-state index in [4.69, 9.17) is 0 Å². The summed E-state index contributed by atoms with van der Waals surface area (Å²) >= 11 is 3.53. The molecule has 6 atom stereocenters. The molecule has 52 heavy (non-hydrogen) atoms. The number of hydrogen-bond donors (Lipinski definition) is 1. The Bertz CT molecular complexity index is 2190. The summed E-state index contributed by atoms with van der Waals surface area (Å²) in [5.74, 6) is -4.67. The topological polar surface area (TPSA) is 123 Å². The molecule has 8 rings (SSSR count). The molecule has 262 valence electrons. The Morgan fingerprint density at radius 2 is 1.40 bits per heavy atom. The van der Waals surface area contributed by atoms with Crippen LogP contribution in [0.2, 0.25) is 0 Å². The molecule has 4 aromatic rings. The molecule has 0 radical (unpaired) electrons. The van der Waals surface area contributed by atoms with Gasteiger partial charge in [0.1, 0.15) is 5.75 Å².